The molecule has 1 fully saturated rings. The minimum atomic E-state index is -0.0857. The van der Waals surface area contributed by atoms with Crippen LogP contribution in [0.15, 0.2) is 24.3 Å². The standard InChI is InChI=1S/C17H21N3O2/c1-12-14-5-3-4-6-15(14)19-16(18-12)11-20-9-7-13(8-10-20)17(21)22-2/h3-6,13H,7-11H2,1-2H3. The number of hydrogen-bond donors (Lipinski definition) is 0. The van der Waals surface area contributed by atoms with E-state index in [-0.39, 0.29) is 11.9 Å². The SMILES string of the molecule is COC(=O)C1CCN(Cc2nc(C)c3ccccc3n2)CC1. The maximum atomic E-state index is 11.6. The molecular formula is C17H21N3O2. The number of fused-ring (bicyclic) bond motifs is 1. The summed E-state index contributed by atoms with van der Waals surface area (Å²) in [6, 6.07) is 8.09. The van der Waals surface area contributed by atoms with Gasteiger partial charge in [0.2, 0.25) is 0 Å². The summed E-state index contributed by atoms with van der Waals surface area (Å²) in [5.74, 6) is 0.811. The first kappa shape index (κ1) is 14.9. The van der Waals surface area contributed by atoms with E-state index < -0.39 is 0 Å². The van der Waals surface area contributed by atoms with Crippen LogP contribution in [0.25, 0.3) is 10.9 Å². The first-order chi connectivity index (χ1) is 10.7. The molecule has 1 saturated heterocycles. The number of esters is 1. The van der Waals surface area contributed by atoms with Crippen molar-refractivity contribution in [3.8, 4) is 0 Å². The van der Waals surface area contributed by atoms with E-state index in [0.717, 1.165) is 54.9 Å². The summed E-state index contributed by atoms with van der Waals surface area (Å²) in [6.07, 6.45) is 1.69. The predicted octanol–water partition coefficient (Wildman–Crippen LogP) is 2.32. The highest BCUT2D eigenvalue weighted by atomic mass is 16.5. The van der Waals surface area contributed by atoms with E-state index in [1.165, 1.54) is 7.11 Å². The average molecular weight is 299 g/mol. The molecule has 1 aliphatic heterocycles. The molecule has 3 rings (SSSR count). The van der Waals surface area contributed by atoms with Crippen molar-refractivity contribution in [2.45, 2.75) is 26.3 Å². The number of hydrogen-bond acceptors (Lipinski definition) is 5. The van der Waals surface area contributed by atoms with Gasteiger partial charge in [0.25, 0.3) is 0 Å². The Bertz CT molecular complexity index is 679. The molecule has 0 unspecified atom stereocenters. The molecule has 1 aliphatic rings. The fourth-order valence-corrected chi connectivity index (χ4v) is 3.06. The summed E-state index contributed by atoms with van der Waals surface area (Å²) >= 11 is 0. The number of nitrogens with zero attached hydrogens (tertiary/aromatic N) is 3. The molecule has 0 radical (unpaired) electrons. The maximum absolute atomic E-state index is 11.6. The minimum Gasteiger partial charge on any atom is -0.469 e. The van der Waals surface area contributed by atoms with Gasteiger partial charge < -0.3 is 4.74 Å². The van der Waals surface area contributed by atoms with Gasteiger partial charge in [-0.05, 0) is 38.9 Å². The Balaban J connectivity index is 1.68. The molecule has 0 aliphatic carbocycles. The molecule has 2 aromatic rings. The lowest BCUT2D eigenvalue weighted by Gasteiger charge is -2.30. The molecule has 1 aromatic heterocycles. The lowest BCUT2D eigenvalue weighted by molar-refractivity contribution is -0.147. The molecular weight excluding hydrogens is 278 g/mol. The van der Waals surface area contributed by atoms with Gasteiger partial charge in [0.15, 0.2) is 0 Å². The lowest BCUT2D eigenvalue weighted by Crippen LogP contribution is -2.36. The number of benzene rings is 1. The van der Waals surface area contributed by atoms with Crippen molar-refractivity contribution in [2.24, 2.45) is 5.92 Å². The summed E-state index contributed by atoms with van der Waals surface area (Å²) in [5.41, 5.74) is 2.01. The molecule has 1 aromatic carbocycles. The number of likely N-dealkylation sites (tertiary alicyclic amines) is 1. The van der Waals surface area contributed by atoms with Crippen LogP contribution in [-0.2, 0) is 16.1 Å². The van der Waals surface area contributed by atoms with E-state index in [4.69, 9.17) is 4.74 Å². The van der Waals surface area contributed by atoms with Gasteiger partial charge in [-0.2, -0.15) is 0 Å². The third kappa shape index (κ3) is 3.09. The second kappa shape index (κ2) is 6.40. The highest BCUT2D eigenvalue weighted by Crippen LogP contribution is 2.20. The molecule has 0 atom stereocenters. The topological polar surface area (TPSA) is 55.3 Å². The van der Waals surface area contributed by atoms with Gasteiger partial charge in [-0.1, -0.05) is 18.2 Å². The van der Waals surface area contributed by atoms with Crippen molar-refractivity contribution in [3.05, 3.63) is 35.8 Å². The largest absolute Gasteiger partial charge is 0.469 e. The van der Waals surface area contributed by atoms with Crippen LogP contribution in [0.4, 0.5) is 0 Å². The molecule has 0 amide bonds. The molecule has 0 bridgehead atoms. The fraction of sp³-hybridized carbons (Fsp3) is 0.471. The number of ether oxygens (including phenoxy) is 1. The Morgan fingerprint density at radius 2 is 2.00 bits per heavy atom. The fourth-order valence-electron chi connectivity index (χ4n) is 3.06. The van der Waals surface area contributed by atoms with E-state index in [0.29, 0.717) is 0 Å². The molecule has 2 heterocycles. The van der Waals surface area contributed by atoms with Crippen LogP contribution in [0.5, 0.6) is 0 Å². The Labute approximate surface area is 130 Å². The van der Waals surface area contributed by atoms with Crippen molar-refractivity contribution in [1.29, 1.82) is 0 Å². The van der Waals surface area contributed by atoms with Crippen molar-refractivity contribution >= 4 is 16.9 Å². The first-order valence-electron chi connectivity index (χ1n) is 7.70. The second-order valence-corrected chi connectivity index (χ2v) is 5.82. The van der Waals surface area contributed by atoms with E-state index >= 15 is 0 Å². The number of carbonyl (C=O) groups is 1. The van der Waals surface area contributed by atoms with Crippen LogP contribution >= 0.6 is 0 Å². The number of para-hydroxylation sites is 1. The molecule has 0 N–H and O–H groups in total. The van der Waals surface area contributed by atoms with Gasteiger partial charge in [0.05, 0.1) is 25.1 Å². The highest BCUT2D eigenvalue weighted by Gasteiger charge is 2.25. The van der Waals surface area contributed by atoms with E-state index in [1.54, 1.807) is 0 Å². The predicted molar refractivity (Wildman–Crippen MR) is 84.3 cm³/mol. The van der Waals surface area contributed by atoms with Crippen molar-refractivity contribution in [2.75, 3.05) is 20.2 Å². The Kier molecular flexibility index (Phi) is 4.34. The first-order valence-corrected chi connectivity index (χ1v) is 7.70. The van der Waals surface area contributed by atoms with Gasteiger partial charge in [0, 0.05) is 11.1 Å². The third-order valence-electron chi connectivity index (χ3n) is 4.33. The van der Waals surface area contributed by atoms with Crippen molar-refractivity contribution < 1.29 is 9.53 Å². The van der Waals surface area contributed by atoms with E-state index in [1.807, 2.05) is 25.1 Å². The zero-order chi connectivity index (χ0) is 15.5. The zero-order valence-electron chi connectivity index (χ0n) is 13.1. The molecule has 0 spiro atoms. The van der Waals surface area contributed by atoms with Crippen LogP contribution < -0.4 is 0 Å². The summed E-state index contributed by atoms with van der Waals surface area (Å²) < 4.78 is 4.82. The number of carbonyl (C=O) groups excluding carboxylic acids is 1. The number of piperidine rings is 1. The van der Waals surface area contributed by atoms with Gasteiger partial charge in [0.1, 0.15) is 5.82 Å². The van der Waals surface area contributed by atoms with Crippen molar-refractivity contribution in [3.63, 3.8) is 0 Å². The normalized spacial score (nSPS) is 16.8. The quantitative estimate of drug-likeness (QED) is 0.814. The number of aromatic nitrogens is 2. The highest BCUT2D eigenvalue weighted by molar-refractivity contribution is 5.80. The van der Waals surface area contributed by atoms with Gasteiger partial charge >= 0.3 is 5.97 Å². The monoisotopic (exact) mass is 299 g/mol. The van der Waals surface area contributed by atoms with Crippen LogP contribution in [-0.4, -0.2) is 41.0 Å². The summed E-state index contributed by atoms with van der Waals surface area (Å²) in [6.45, 7) is 4.53. The second-order valence-electron chi connectivity index (χ2n) is 5.82. The maximum Gasteiger partial charge on any atom is 0.308 e. The number of aryl methyl sites for hydroxylation is 1. The summed E-state index contributed by atoms with van der Waals surface area (Å²) in [4.78, 5) is 23.1. The average Bonchev–Trinajstić information content (AvgIpc) is 2.55. The van der Waals surface area contributed by atoms with Crippen LogP contribution in [0.2, 0.25) is 0 Å². The summed E-state index contributed by atoms with van der Waals surface area (Å²) in [7, 11) is 1.46. The van der Waals surface area contributed by atoms with Crippen LogP contribution in [0, 0.1) is 12.8 Å². The number of methoxy groups -OCH3 is 1. The van der Waals surface area contributed by atoms with Crippen LogP contribution in [0.3, 0.4) is 0 Å². The Morgan fingerprint density at radius 1 is 1.27 bits per heavy atom. The Morgan fingerprint density at radius 3 is 2.73 bits per heavy atom. The van der Waals surface area contributed by atoms with Gasteiger partial charge in [-0.15, -0.1) is 0 Å². The third-order valence-corrected chi connectivity index (χ3v) is 4.33. The molecule has 22 heavy (non-hydrogen) atoms. The molecule has 0 saturated carbocycles. The van der Waals surface area contributed by atoms with Crippen molar-refractivity contribution in [1.82, 2.24) is 14.9 Å². The lowest BCUT2D eigenvalue weighted by atomic mass is 9.97. The van der Waals surface area contributed by atoms with E-state index in [2.05, 4.69) is 20.9 Å². The van der Waals surface area contributed by atoms with Gasteiger partial charge in [-0.25, -0.2) is 9.97 Å². The Hall–Kier alpha value is -2.01. The van der Waals surface area contributed by atoms with E-state index in [9.17, 15) is 4.79 Å². The van der Waals surface area contributed by atoms with Gasteiger partial charge in [-0.3, -0.25) is 9.69 Å². The number of rotatable bonds is 3. The van der Waals surface area contributed by atoms with Crippen LogP contribution in [0.1, 0.15) is 24.4 Å². The smallest absolute Gasteiger partial charge is 0.308 e. The zero-order valence-corrected chi connectivity index (χ0v) is 13.1. The molecule has 5 heteroatoms. The summed E-state index contributed by atoms with van der Waals surface area (Å²) in [5, 5.41) is 1.11. The molecule has 116 valence electrons. The minimum absolute atomic E-state index is 0.0421. The molecule has 5 nitrogen and oxygen atoms in total.